The van der Waals surface area contributed by atoms with Crippen molar-refractivity contribution in [1.82, 2.24) is 5.32 Å². The molecule has 31 heavy (non-hydrogen) atoms. The van der Waals surface area contributed by atoms with Gasteiger partial charge in [0.1, 0.15) is 11.9 Å². The van der Waals surface area contributed by atoms with E-state index in [2.05, 4.69) is 46.3 Å². The zero-order valence-corrected chi connectivity index (χ0v) is 19.0. The van der Waals surface area contributed by atoms with Crippen LogP contribution in [-0.4, -0.2) is 52.7 Å². The molecule has 0 bridgehead atoms. The van der Waals surface area contributed by atoms with Crippen molar-refractivity contribution >= 4 is 17.3 Å². The Morgan fingerprint density at radius 2 is 1.74 bits per heavy atom. The summed E-state index contributed by atoms with van der Waals surface area (Å²) in [6, 6.07) is 15.7. The predicted octanol–water partition coefficient (Wildman–Crippen LogP) is 2.64. The first-order chi connectivity index (χ1) is 15.0. The first-order valence-corrected chi connectivity index (χ1v) is 11.4. The molecule has 0 radical (unpaired) electrons. The van der Waals surface area contributed by atoms with Crippen molar-refractivity contribution in [2.45, 2.75) is 32.2 Å². The van der Waals surface area contributed by atoms with Gasteiger partial charge in [-0.2, -0.15) is 0 Å². The lowest BCUT2D eigenvalue weighted by Gasteiger charge is -2.38. The van der Waals surface area contributed by atoms with E-state index in [-0.39, 0.29) is 17.8 Å². The molecule has 2 aromatic rings. The van der Waals surface area contributed by atoms with Crippen LogP contribution in [-0.2, 0) is 4.79 Å². The van der Waals surface area contributed by atoms with E-state index in [0.29, 0.717) is 13.0 Å². The molecule has 0 spiro atoms. The Balaban J connectivity index is 1.68. The van der Waals surface area contributed by atoms with E-state index in [1.54, 1.807) is 0 Å². The number of benzene rings is 2. The van der Waals surface area contributed by atoms with Crippen LogP contribution in [0.4, 0.5) is 15.8 Å². The highest BCUT2D eigenvalue weighted by atomic mass is 19.1. The SMILES string of the molecule is CCCCC(=O)NC[C@H](c1ccc(N(C)C)cc1)[NH+]1CCN(c2ccc(F)cc2)CC1. The summed E-state index contributed by atoms with van der Waals surface area (Å²) in [5, 5.41) is 3.17. The maximum Gasteiger partial charge on any atom is 0.220 e. The second kappa shape index (κ2) is 11.1. The van der Waals surface area contributed by atoms with Gasteiger partial charge in [0.2, 0.25) is 5.91 Å². The summed E-state index contributed by atoms with van der Waals surface area (Å²) in [4.78, 5) is 18.2. The Morgan fingerprint density at radius 1 is 1.10 bits per heavy atom. The van der Waals surface area contributed by atoms with E-state index < -0.39 is 0 Å². The standard InChI is InChI=1S/C25H35FN4O/c1-4-5-6-25(31)27-19-24(20-7-11-22(12-8-20)28(2)3)30-17-15-29(16-18-30)23-13-9-21(26)10-14-23/h7-14,24H,4-6,15-19H2,1-3H3,(H,27,31)/p+1/t24-/m1/s1. The molecule has 0 saturated carbocycles. The zero-order chi connectivity index (χ0) is 22.2. The Labute approximate surface area is 185 Å². The fourth-order valence-electron chi connectivity index (χ4n) is 4.20. The second-order valence-corrected chi connectivity index (χ2v) is 8.57. The number of hydrogen-bond acceptors (Lipinski definition) is 3. The quantitative estimate of drug-likeness (QED) is 0.646. The summed E-state index contributed by atoms with van der Waals surface area (Å²) in [6.45, 7) is 6.53. The van der Waals surface area contributed by atoms with Gasteiger partial charge in [0.15, 0.2) is 0 Å². The molecule has 1 atom stereocenters. The zero-order valence-electron chi connectivity index (χ0n) is 19.0. The molecule has 5 nitrogen and oxygen atoms in total. The maximum absolute atomic E-state index is 13.3. The molecule has 1 amide bonds. The van der Waals surface area contributed by atoms with E-state index in [4.69, 9.17) is 0 Å². The Bertz CT molecular complexity index is 814. The minimum atomic E-state index is -0.201. The molecule has 6 heteroatoms. The molecule has 2 aromatic carbocycles. The molecule has 168 valence electrons. The number of nitrogens with zero attached hydrogens (tertiary/aromatic N) is 2. The topological polar surface area (TPSA) is 40.0 Å². The second-order valence-electron chi connectivity index (χ2n) is 8.57. The lowest BCUT2D eigenvalue weighted by molar-refractivity contribution is -0.931. The van der Waals surface area contributed by atoms with E-state index >= 15 is 0 Å². The number of piperazine rings is 1. The van der Waals surface area contributed by atoms with E-state index in [1.807, 2.05) is 26.2 Å². The normalized spacial score (nSPS) is 15.5. The fourth-order valence-corrected chi connectivity index (χ4v) is 4.20. The molecule has 3 rings (SSSR count). The average Bonchev–Trinajstić information content (AvgIpc) is 2.79. The van der Waals surface area contributed by atoms with Gasteiger partial charge in [0, 0.05) is 37.5 Å². The molecular formula is C25H36FN4O+. The third-order valence-corrected chi connectivity index (χ3v) is 6.16. The van der Waals surface area contributed by atoms with Gasteiger partial charge in [-0.15, -0.1) is 0 Å². The van der Waals surface area contributed by atoms with Crippen molar-refractivity contribution in [2.24, 2.45) is 0 Å². The van der Waals surface area contributed by atoms with Crippen LogP contribution in [0.5, 0.6) is 0 Å². The van der Waals surface area contributed by atoms with E-state index in [0.717, 1.165) is 44.7 Å². The number of carbonyl (C=O) groups excluding carboxylic acids is 1. The van der Waals surface area contributed by atoms with Gasteiger partial charge >= 0.3 is 0 Å². The Morgan fingerprint density at radius 3 is 2.32 bits per heavy atom. The number of halogens is 1. The van der Waals surface area contributed by atoms with Gasteiger partial charge in [0.25, 0.3) is 0 Å². The van der Waals surface area contributed by atoms with Crippen molar-refractivity contribution in [1.29, 1.82) is 0 Å². The van der Waals surface area contributed by atoms with Crippen LogP contribution in [0.15, 0.2) is 48.5 Å². The van der Waals surface area contributed by atoms with Crippen LogP contribution >= 0.6 is 0 Å². The summed E-state index contributed by atoms with van der Waals surface area (Å²) in [6.07, 6.45) is 2.55. The smallest absolute Gasteiger partial charge is 0.220 e. The number of anilines is 2. The monoisotopic (exact) mass is 427 g/mol. The van der Waals surface area contributed by atoms with Gasteiger partial charge in [-0.3, -0.25) is 4.79 Å². The Hall–Kier alpha value is -2.60. The van der Waals surface area contributed by atoms with Crippen LogP contribution in [0, 0.1) is 5.82 Å². The number of quaternary nitrogens is 1. The molecule has 2 N–H and O–H groups in total. The molecule has 0 aliphatic carbocycles. The van der Waals surface area contributed by atoms with Crippen molar-refractivity contribution < 1.29 is 14.1 Å². The Kier molecular flexibility index (Phi) is 8.29. The summed E-state index contributed by atoms with van der Waals surface area (Å²) < 4.78 is 13.3. The van der Waals surface area contributed by atoms with Crippen molar-refractivity contribution in [3.05, 3.63) is 59.9 Å². The van der Waals surface area contributed by atoms with Crippen LogP contribution in [0.2, 0.25) is 0 Å². The summed E-state index contributed by atoms with van der Waals surface area (Å²) in [5.74, 6) is -0.0610. The molecule has 1 saturated heterocycles. The molecule has 1 aliphatic rings. The third kappa shape index (κ3) is 6.44. The van der Waals surface area contributed by atoms with Crippen LogP contribution in [0.1, 0.15) is 37.8 Å². The van der Waals surface area contributed by atoms with Gasteiger partial charge < -0.3 is 20.0 Å². The average molecular weight is 428 g/mol. The van der Waals surface area contributed by atoms with Crippen molar-refractivity contribution in [3.8, 4) is 0 Å². The number of hydrogen-bond donors (Lipinski definition) is 2. The molecule has 1 heterocycles. The highest BCUT2D eigenvalue weighted by Crippen LogP contribution is 2.18. The van der Waals surface area contributed by atoms with Crippen LogP contribution < -0.4 is 20.0 Å². The van der Waals surface area contributed by atoms with E-state index in [1.165, 1.54) is 28.3 Å². The molecule has 0 aromatic heterocycles. The number of rotatable bonds is 9. The van der Waals surface area contributed by atoms with Crippen LogP contribution in [0.25, 0.3) is 0 Å². The summed E-state index contributed by atoms with van der Waals surface area (Å²) in [7, 11) is 4.08. The highest BCUT2D eigenvalue weighted by Gasteiger charge is 2.29. The van der Waals surface area contributed by atoms with Crippen LogP contribution in [0.3, 0.4) is 0 Å². The van der Waals surface area contributed by atoms with Gasteiger partial charge in [-0.25, -0.2) is 4.39 Å². The molecule has 1 fully saturated rings. The van der Waals surface area contributed by atoms with Gasteiger partial charge in [-0.05, 0) is 42.8 Å². The number of unbranched alkanes of at least 4 members (excludes halogenated alkanes) is 1. The third-order valence-electron chi connectivity index (χ3n) is 6.16. The lowest BCUT2D eigenvalue weighted by atomic mass is 10.0. The van der Waals surface area contributed by atoms with Crippen molar-refractivity contribution in [3.63, 3.8) is 0 Å². The minimum absolute atomic E-state index is 0.140. The first kappa shape index (κ1) is 23.1. The highest BCUT2D eigenvalue weighted by molar-refractivity contribution is 5.75. The molecular weight excluding hydrogens is 391 g/mol. The largest absolute Gasteiger partial charge is 0.378 e. The number of carbonyl (C=O) groups is 1. The van der Waals surface area contributed by atoms with Crippen molar-refractivity contribution in [2.75, 3.05) is 56.6 Å². The lowest BCUT2D eigenvalue weighted by Crippen LogP contribution is -3.15. The number of amides is 1. The molecule has 1 aliphatic heterocycles. The van der Waals surface area contributed by atoms with Gasteiger partial charge in [0.05, 0.1) is 32.7 Å². The summed E-state index contributed by atoms with van der Waals surface area (Å²) in [5.41, 5.74) is 3.50. The predicted molar refractivity (Wildman–Crippen MR) is 125 cm³/mol. The first-order valence-electron chi connectivity index (χ1n) is 11.4. The number of nitrogens with one attached hydrogen (secondary N) is 2. The molecule has 0 unspecified atom stereocenters. The summed E-state index contributed by atoms with van der Waals surface area (Å²) >= 11 is 0. The van der Waals surface area contributed by atoms with Gasteiger partial charge in [-0.1, -0.05) is 25.5 Å². The minimum Gasteiger partial charge on any atom is -0.378 e. The van der Waals surface area contributed by atoms with E-state index in [9.17, 15) is 9.18 Å². The fraction of sp³-hybridized carbons (Fsp3) is 0.480. The maximum atomic E-state index is 13.3.